The molecule has 0 aliphatic heterocycles. The Morgan fingerprint density at radius 1 is 1.50 bits per heavy atom. The quantitative estimate of drug-likeness (QED) is 0.640. The molecular formula is C10H10FN5O2. The van der Waals surface area contributed by atoms with Crippen molar-refractivity contribution in [3.63, 3.8) is 0 Å². The molecule has 0 fully saturated rings. The van der Waals surface area contributed by atoms with Crippen LogP contribution >= 0.6 is 0 Å². The molecule has 2 aromatic rings. The number of nitrogens with two attached hydrogens (primary N) is 1. The molecule has 18 heavy (non-hydrogen) atoms. The van der Waals surface area contributed by atoms with Gasteiger partial charge in [0.05, 0.1) is 16.8 Å². The highest BCUT2D eigenvalue weighted by molar-refractivity contribution is 5.52. The lowest BCUT2D eigenvalue weighted by molar-refractivity contribution is -0.384. The van der Waals surface area contributed by atoms with E-state index in [0.717, 1.165) is 10.7 Å². The lowest BCUT2D eigenvalue weighted by Gasteiger charge is -2.02. The van der Waals surface area contributed by atoms with E-state index in [1.807, 2.05) is 0 Å². The number of hydrogen-bond acceptors (Lipinski definition) is 5. The fourth-order valence-corrected chi connectivity index (χ4v) is 1.55. The van der Waals surface area contributed by atoms with E-state index in [9.17, 15) is 14.5 Å². The van der Waals surface area contributed by atoms with E-state index in [-0.39, 0.29) is 11.4 Å². The smallest absolute Gasteiger partial charge is 0.297 e. The molecular weight excluding hydrogens is 241 g/mol. The SMILES string of the molecule is NCCc1cn(-c2c(F)cccc2[N+](=O)[O-])nn1. The Morgan fingerprint density at radius 3 is 2.94 bits per heavy atom. The summed E-state index contributed by atoms with van der Waals surface area (Å²) in [6.45, 7) is 0.373. The topological polar surface area (TPSA) is 99.9 Å². The number of hydrogen-bond donors (Lipinski definition) is 1. The van der Waals surface area contributed by atoms with E-state index in [1.165, 1.54) is 18.3 Å². The predicted molar refractivity (Wildman–Crippen MR) is 60.7 cm³/mol. The van der Waals surface area contributed by atoms with Crippen molar-refractivity contribution in [2.75, 3.05) is 6.54 Å². The van der Waals surface area contributed by atoms with Crippen LogP contribution in [0.4, 0.5) is 10.1 Å². The third-order valence-corrected chi connectivity index (χ3v) is 2.33. The van der Waals surface area contributed by atoms with Crippen molar-refractivity contribution < 1.29 is 9.31 Å². The fourth-order valence-electron chi connectivity index (χ4n) is 1.55. The molecule has 0 saturated carbocycles. The molecule has 1 aromatic heterocycles. The van der Waals surface area contributed by atoms with Gasteiger partial charge >= 0.3 is 0 Å². The van der Waals surface area contributed by atoms with Crippen molar-refractivity contribution in [1.82, 2.24) is 15.0 Å². The van der Waals surface area contributed by atoms with Crippen molar-refractivity contribution in [3.05, 3.63) is 46.0 Å². The van der Waals surface area contributed by atoms with E-state index in [2.05, 4.69) is 10.3 Å². The van der Waals surface area contributed by atoms with Crippen molar-refractivity contribution in [1.29, 1.82) is 0 Å². The number of aromatic nitrogens is 3. The molecule has 0 atom stereocenters. The van der Waals surface area contributed by atoms with E-state index < -0.39 is 10.7 Å². The molecule has 0 amide bonds. The van der Waals surface area contributed by atoms with Gasteiger partial charge in [0.1, 0.15) is 0 Å². The van der Waals surface area contributed by atoms with E-state index in [0.29, 0.717) is 18.7 Å². The zero-order valence-electron chi connectivity index (χ0n) is 9.28. The zero-order chi connectivity index (χ0) is 13.1. The summed E-state index contributed by atoms with van der Waals surface area (Å²) in [5, 5.41) is 18.3. The molecule has 2 rings (SSSR count). The Kier molecular flexibility index (Phi) is 3.28. The minimum absolute atomic E-state index is 0.224. The van der Waals surface area contributed by atoms with Gasteiger partial charge in [-0.15, -0.1) is 5.10 Å². The van der Waals surface area contributed by atoms with Crippen LogP contribution in [0.3, 0.4) is 0 Å². The van der Waals surface area contributed by atoms with Crippen LogP contribution in [0.5, 0.6) is 0 Å². The van der Waals surface area contributed by atoms with E-state index in [1.54, 1.807) is 0 Å². The molecule has 0 aliphatic carbocycles. The van der Waals surface area contributed by atoms with Crippen molar-refractivity contribution >= 4 is 5.69 Å². The summed E-state index contributed by atoms with van der Waals surface area (Å²) in [5.74, 6) is -0.728. The normalized spacial score (nSPS) is 10.6. The van der Waals surface area contributed by atoms with E-state index in [4.69, 9.17) is 5.73 Å². The minimum atomic E-state index is -0.728. The van der Waals surface area contributed by atoms with Crippen LogP contribution in [0.2, 0.25) is 0 Å². The molecule has 1 aromatic carbocycles. The molecule has 1 heterocycles. The largest absolute Gasteiger partial charge is 0.330 e. The van der Waals surface area contributed by atoms with E-state index >= 15 is 0 Å². The Balaban J connectivity index is 2.51. The third-order valence-electron chi connectivity index (χ3n) is 2.33. The maximum atomic E-state index is 13.7. The van der Waals surface area contributed by atoms with Gasteiger partial charge in [-0.3, -0.25) is 10.1 Å². The first kappa shape index (κ1) is 12.1. The summed E-state index contributed by atoms with van der Waals surface area (Å²) in [6, 6.07) is 3.62. The van der Waals surface area contributed by atoms with Crippen molar-refractivity contribution in [2.24, 2.45) is 5.73 Å². The molecule has 0 aliphatic rings. The second-order valence-corrected chi connectivity index (χ2v) is 3.56. The highest BCUT2D eigenvalue weighted by atomic mass is 19.1. The second-order valence-electron chi connectivity index (χ2n) is 3.56. The first-order valence-electron chi connectivity index (χ1n) is 5.18. The van der Waals surface area contributed by atoms with Crippen LogP contribution in [0.1, 0.15) is 5.69 Å². The first-order chi connectivity index (χ1) is 8.63. The van der Waals surface area contributed by atoms with Crippen LogP contribution in [-0.4, -0.2) is 26.5 Å². The number of rotatable bonds is 4. The predicted octanol–water partition coefficient (Wildman–Crippen LogP) is 0.816. The maximum absolute atomic E-state index is 13.7. The van der Waals surface area contributed by atoms with Crippen LogP contribution in [0, 0.1) is 15.9 Å². The number of nitro groups is 1. The summed E-state index contributed by atoms with van der Waals surface area (Å²) in [4.78, 5) is 10.2. The summed E-state index contributed by atoms with van der Waals surface area (Å²) >= 11 is 0. The average Bonchev–Trinajstić information content (AvgIpc) is 2.77. The molecule has 94 valence electrons. The molecule has 7 nitrogen and oxygen atoms in total. The molecule has 8 heteroatoms. The van der Waals surface area contributed by atoms with Gasteiger partial charge in [-0.25, -0.2) is 9.07 Å². The van der Waals surface area contributed by atoms with Gasteiger partial charge in [-0.1, -0.05) is 11.3 Å². The number of nitrogens with zero attached hydrogens (tertiary/aromatic N) is 4. The van der Waals surface area contributed by atoms with Crippen LogP contribution in [-0.2, 0) is 6.42 Å². The number of benzene rings is 1. The third kappa shape index (κ3) is 2.18. The van der Waals surface area contributed by atoms with Gasteiger partial charge < -0.3 is 5.73 Å². The Labute approximate surface area is 101 Å². The fraction of sp³-hybridized carbons (Fsp3) is 0.200. The number of halogens is 1. The first-order valence-corrected chi connectivity index (χ1v) is 5.18. The van der Waals surface area contributed by atoms with Gasteiger partial charge in [-0.05, 0) is 12.6 Å². The molecule has 0 spiro atoms. The number of nitro benzene ring substituents is 1. The summed E-state index contributed by atoms with van der Waals surface area (Å²) in [6.07, 6.45) is 1.90. The molecule has 0 radical (unpaired) electrons. The van der Waals surface area contributed by atoms with Crippen molar-refractivity contribution in [3.8, 4) is 5.69 Å². The Morgan fingerprint density at radius 2 is 2.28 bits per heavy atom. The standard InChI is InChI=1S/C10H10FN5O2/c11-8-2-1-3-9(16(17)18)10(8)15-6-7(4-5-12)13-14-15/h1-3,6H,4-5,12H2. The zero-order valence-corrected chi connectivity index (χ0v) is 9.28. The van der Waals surface area contributed by atoms with Gasteiger partial charge in [0.2, 0.25) is 0 Å². The van der Waals surface area contributed by atoms with Gasteiger partial charge in [0, 0.05) is 12.5 Å². The Hall–Kier alpha value is -2.35. The minimum Gasteiger partial charge on any atom is -0.330 e. The lowest BCUT2D eigenvalue weighted by atomic mass is 10.2. The average molecular weight is 251 g/mol. The highest BCUT2D eigenvalue weighted by Gasteiger charge is 2.20. The summed E-state index contributed by atoms with van der Waals surface area (Å²) in [7, 11) is 0. The highest BCUT2D eigenvalue weighted by Crippen LogP contribution is 2.24. The maximum Gasteiger partial charge on any atom is 0.297 e. The molecule has 0 saturated heterocycles. The van der Waals surface area contributed by atoms with Crippen LogP contribution < -0.4 is 5.73 Å². The summed E-state index contributed by atoms with van der Waals surface area (Å²) < 4.78 is 14.7. The van der Waals surface area contributed by atoms with Gasteiger partial charge in [0.25, 0.3) is 5.69 Å². The van der Waals surface area contributed by atoms with Gasteiger partial charge in [0.15, 0.2) is 11.5 Å². The second kappa shape index (κ2) is 4.88. The Bertz CT molecular complexity index is 583. The summed E-state index contributed by atoms with van der Waals surface area (Å²) in [5.41, 5.74) is 5.32. The monoisotopic (exact) mass is 251 g/mol. The van der Waals surface area contributed by atoms with Crippen molar-refractivity contribution in [2.45, 2.75) is 6.42 Å². The van der Waals surface area contributed by atoms with Crippen LogP contribution in [0.25, 0.3) is 5.69 Å². The lowest BCUT2D eigenvalue weighted by Crippen LogP contribution is -2.04. The molecule has 0 unspecified atom stereocenters. The van der Waals surface area contributed by atoms with Gasteiger partial charge in [-0.2, -0.15) is 0 Å². The molecule has 0 bridgehead atoms. The molecule has 2 N–H and O–H groups in total. The van der Waals surface area contributed by atoms with Crippen LogP contribution in [0.15, 0.2) is 24.4 Å². The number of para-hydroxylation sites is 1.